The van der Waals surface area contributed by atoms with Gasteiger partial charge < -0.3 is 14.2 Å². The Balaban J connectivity index is 1.84. The van der Waals surface area contributed by atoms with Crippen molar-refractivity contribution >= 4 is 5.97 Å². The Morgan fingerprint density at radius 1 is 1.39 bits per heavy atom. The Hall–Kier alpha value is -1.39. The van der Waals surface area contributed by atoms with Gasteiger partial charge in [-0.1, -0.05) is 17.7 Å². The summed E-state index contributed by atoms with van der Waals surface area (Å²) in [5, 5.41) is 0. The fourth-order valence-corrected chi connectivity index (χ4v) is 1.79. The topological polar surface area (TPSA) is 44.8 Å². The van der Waals surface area contributed by atoms with Gasteiger partial charge in [-0.25, -0.2) is 4.79 Å². The van der Waals surface area contributed by atoms with Crippen molar-refractivity contribution in [3.8, 4) is 0 Å². The lowest BCUT2D eigenvalue weighted by Gasteiger charge is -2.16. The van der Waals surface area contributed by atoms with Crippen molar-refractivity contribution in [2.24, 2.45) is 0 Å². The normalized spacial score (nSPS) is 21.8. The average molecular weight is 250 g/mol. The van der Waals surface area contributed by atoms with E-state index in [1.807, 2.05) is 32.9 Å². The zero-order chi connectivity index (χ0) is 13.2. The molecule has 1 aliphatic heterocycles. The van der Waals surface area contributed by atoms with E-state index < -0.39 is 5.79 Å². The standard InChI is InChI=1S/C14H18O4/c1-10-4-6-11(7-5-10)13(15)16-8-12-9-17-14(2,3)18-12/h4-7,12H,8-9H2,1-3H3. The highest BCUT2D eigenvalue weighted by atomic mass is 16.7. The van der Waals surface area contributed by atoms with Crippen LogP contribution in [0.15, 0.2) is 24.3 Å². The van der Waals surface area contributed by atoms with Crippen molar-refractivity contribution in [3.05, 3.63) is 35.4 Å². The van der Waals surface area contributed by atoms with Gasteiger partial charge in [0.15, 0.2) is 5.79 Å². The second kappa shape index (κ2) is 5.08. The number of rotatable bonds is 3. The van der Waals surface area contributed by atoms with Gasteiger partial charge in [0.2, 0.25) is 0 Å². The first-order valence-electron chi connectivity index (χ1n) is 6.02. The van der Waals surface area contributed by atoms with Crippen LogP contribution in [0.2, 0.25) is 0 Å². The molecule has 1 fully saturated rings. The lowest BCUT2D eigenvalue weighted by atomic mass is 10.1. The van der Waals surface area contributed by atoms with Gasteiger partial charge >= 0.3 is 5.97 Å². The molecule has 0 aliphatic carbocycles. The summed E-state index contributed by atoms with van der Waals surface area (Å²) in [6.07, 6.45) is -0.186. The molecule has 1 aliphatic rings. The van der Waals surface area contributed by atoms with Crippen LogP contribution in [0.1, 0.15) is 29.8 Å². The number of hydrogen-bond acceptors (Lipinski definition) is 4. The number of aryl methyl sites for hydroxylation is 1. The van der Waals surface area contributed by atoms with E-state index in [0.29, 0.717) is 12.2 Å². The van der Waals surface area contributed by atoms with Gasteiger partial charge in [-0.3, -0.25) is 0 Å². The number of benzene rings is 1. The minimum atomic E-state index is -0.582. The zero-order valence-corrected chi connectivity index (χ0v) is 10.9. The van der Waals surface area contributed by atoms with E-state index in [2.05, 4.69) is 0 Å². The van der Waals surface area contributed by atoms with Crippen LogP contribution < -0.4 is 0 Å². The van der Waals surface area contributed by atoms with Crippen LogP contribution in [0.25, 0.3) is 0 Å². The molecule has 0 radical (unpaired) electrons. The average Bonchev–Trinajstić information content (AvgIpc) is 2.67. The summed E-state index contributed by atoms with van der Waals surface area (Å²) >= 11 is 0. The molecule has 1 heterocycles. The van der Waals surface area contributed by atoms with Crippen molar-refractivity contribution in [2.45, 2.75) is 32.7 Å². The van der Waals surface area contributed by atoms with E-state index in [9.17, 15) is 4.79 Å². The molecule has 0 bridgehead atoms. The number of hydrogen-bond donors (Lipinski definition) is 0. The van der Waals surface area contributed by atoms with Crippen LogP contribution in [0.4, 0.5) is 0 Å². The molecule has 0 N–H and O–H groups in total. The summed E-state index contributed by atoms with van der Waals surface area (Å²) in [6, 6.07) is 7.28. The monoisotopic (exact) mass is 250 g/mol. The highest BCUT2D eigenvalue weighted by Gasteiger charge is 2.33. The molecule has 1 aromatic rings. The van der Waals surface area contributed by atoms with E-state index >= 15 is 0 Å². The maximum Gasteiger partial charge on any atom is 0.338 e. The Morgan fingerprint density at radius 2 is 2.06 bits per heavy atom. The Morgan fingerprint density at radius 3 is 2.61 bits per heavy atom. The van der Waals surface area contributed by atoms with Crippen LogP contribution in [0.5, 0.6) is 0 Å². The lowest BCUT2D eigenvalue weighted by molar-refractivity contribution is -0.142. The molecule has 0 saturated carbocycles. The smallest absolute Gasteiger partial charge is 0.338 e. The van der Waals surface area contributed by atoms with Crippen molar-refractivity contribution in [2.75, 3.05) is 13.2 Å². The first-order valence-corrected chi connectivity index (χ1v) is 6.02. The summed E-state index contributed by atoms with van der Waals surface area (Å²) < 4.78 is 16.1. The predicted molar refractivity (Wildman–Crippen MR) is 66.4 cm³/mol. The second-order valence-electron chi connectivity index (χ2n) is 4.92. The van der Waals surface area contributed by atoms with Crippen LogP contribution in [0, 0.1) is 6.92 Å². The lowest BCUT2D eigenvalue weighted by Crippen LogP contribution is -2.25. The maximum absolute atomic E-state index is 11.8. The molecule has 0 amide bonds. The summed E-state index contributed by atoms with van der Waals surface area (Å²) in [5.41, 5.74) is 1.67. The second-order valence-corrected chi connectivity index (χ2v) is 4.92. The van der Waals surface area contributed by atoms with Crippen LogP contribution in [-0.2, 0) is 14.2 Å². The molecule has 1 unspecified atom stereocenters. The summed E-state index contributed by atoms with van der Waals surface area (Å²) in [7, 11) is 0. The van der Waals surface area contributed by atoms with Gasteiger partial charge in [0.05, 0.1) is 12.2 Å². The maximum atomic E-state index is 11.8. The molecule has 1 saturated heterocycles. The first-order chi connectivity index (χ1) is 8.46. The molecule has 2 rings (SSSR count). The molecule has 18 heavy (non-hydrogen) atoms. The van der Waals surface area contributed by atoms with E-state index in [-0.39, 0.29) is 18.7 Å². The summed E-state index contributed by atoms with van der Waals surface area (Å²) in [5.74, 6) is -0.913. The predicted octanol–water partition coefficient (Wildman–Crippen LogP) is 2.30. The van der Waals surface area contributed by atoms with Gasteiger partial charge in [0, 0.05) is 0 Å². The fourth-order valence-electron chi connectivity index (χ4n) is 1.79. The molecular weight excluding hydrogens is 232 g/mol. The molecule has 4 heteroatoms. The minimum absolute atomic E-state index is 0.186. The van der Waals surface area contributed by atoms with Gasteiger partial charge in [-0.15, -0.1) is 0 Å². The Kier molecular flexibility index (Phi) is 3.68. The van der Waals surface area contributed by atoms with Gasteiger partial charge in [-0.05, 0) is 32.9 Å². The van der Waals surface area contributed by atoms with E-state index in [4.69, 9.17) is 14.2 Å². The molecule has 98 valence electrons. The zero-order valence-electron chi connectivity index (χ0n) is 10.9. The third-order valence-corrected chi connectivity index (χ3v) is 2.75. The fraction of sp³-hybridized carbons (Fsp3) is 0.500. The molecule has 0 spiro atoms. The molecule has 4 nitrogen and oxygen atoms in total. The van der Waals surface area contributed by atoms with Crippen molar-refractivity contribution < 1.29 is 19.0 Å². The van der Waals surface area contributed by atoms with Crippen LogP contribution >= 0.6 is 0 Å². The van der Waals surface area contributed by atoms with Crippen molar-refractivity contribution in [1.29, 1.82) is 0 Å². The van der Waals surface area contributed by atoms with E-state index in [1.165, 1.54) is 0 Å². The molecular formula is C14H18O4. The first kappa shape index (κ1) is 13.1. The molecule has 1 aromatic carbocycles. The number of carbonyl (C=O) groups is 1. The van der Waals surface area contributed by atoms with Crippen LogP contribution in [-0.4, -0.2) is 31.1 Å². The number of carbonyl (C=O) groups excluding carboxylic acids is 1. The molecule has 0 aromatic heterocycles. The van der Waals surface area contributed by atoms with Crippen LogP contribution in [0.3, 0.4) is 0 Å². The van der Waals surface area contributed by atoms with Crippen molar-refractivity contribution in [3.63, 3.8) is 0 Å². The van der Waals surface area contributed by atoms with Gasteiger partial charge in [0.1, 0.15) is 12.7 Å². The highest BCUT2D eigenvalue weighted by molar-refractivity contribution is 5.89. The Bertz CT molecular complexity index is 422. The SMILES string of the molecule is Cc1ccc(C(=O)OCC2COC(C)(C)O2)cc1. The number of ether oxygens (including phenoxy) is 3. The third-order valence-electron chi connectivity index (χ3n) is 2.75. The summed E-state index contributed by atoms with van der Waals surface area (Å²) in [4.78, 5) is 11.8. The van der Waals surface area contributed by atoms with Gasteiger partial charge in [0.25, 0.3) is 0 Å². The van der Waals surface area contributed by atoms with Crippen molar-refractivity contribution in [1.82, 2.24) is 0 Å². The van der Waals surface area contributed by atoms with Gasteiger partial charge in [-0.2, -0.15) is 0 Å². The minimum Gasteiger partial charge on any atom is -0.459 e. The third kappa shape index (κ3) is 3.31. The quantitative estimate of drug-likeness (QED) is 0.772. The summed E-state index contributed by atoms with van der Waals surface area (Å²) in [6.45, 7) is 6.33. The van der Waals surface area contributed by atoms with E-state index in [1.54, 1.807) is 12.1 Å². The van der Waals surface area contributed by atoms with E-state index in [0.717, 1.165) is 5.56 Å². The Labute approximate surface area is 107 Å². The largest absolute Gasteiger partial charge is 0.459 e. The molecule has 1 atom stereocenters. The highest BCUT2D eigenvalue weighted by Crippen LogP contribution is 2.22. The number of esters is 1.